The molecule has 150 valence electrons. The summed E-state index contributed by atoms with van der Waals surface area (Å²) in [5.41, 5.74) is 0.886. The molecule has 1 aliphatic rings. The van der Waals surface area contributed by atoms with Gasteiger partial charge in [-0.3, -0.25) is 14.0 Å². The summed E-state index contributed by atoms with van der Waals surface area (Å²) in [7, 11) is 0. The fourth-order valence-corrected chi connectivity index (χ4v) is 4.29. The normalized spacial score (nSPS) is 14.6. The molecule has 8 heteroatoms. The molecule has 1 saturated carbocycles. The maximum Gasteiger partial charge on any atom is 0.340 e. The molecule has 1 N–H and O–H groups in total. The molecule has 29 heavy (non-hydrogen) atoms. The lowest BCUT2D eigenvalue weighted by Crippen LogP contribution is -2.25. The van der Waals surface area contributed by atoms with E-state index in [0.29, 0.717) is 16.3 Å². The molecule has 0 bridgehead atoms. The van der Waals surface area contributed by atoms with Crippen molar-refractivity contribution in [2.24, 2.45) is 5.92 Å². The fraction of sp³-hybridized carbons (Fsp3) is 0.333. The lowest BCUT2D eigenvalue weighted by molar-refractivity contribution is -0.120. The zero-order chi connectivity index (χ0) is 20.2. The van der Waals surface area contributed by atoms with Crippen molar-refractivity contribution in [1.29, 1.82) is 0 Å². The van der Waals surface area contributed by atoms with Gasteiger partial charge in [-0.2, -0.15) is 0 Å². The van der Waals surface area contributed by atoms with Crippen LogP contribution in [0, 0.1) is 5.92 Å². The van der Waals surface area contributed by atoms with Crippen LogP contribution in [0.4, 0.5) is 5.69 Å². The second-order valence-corrected chi connectivity index (χ2v) is 7.96. The second-order valence-electron chi connectivity index (χ2n) is 7.09. The summed E-state index contributed by atoms with van der Waals surface area (Å²) in [6.07, 6.45) is 6.69. The molecule has 0 spiro atoms. The van der Waals surface area contributed by atoms with Crippen molar-refractivity contribution in [2.75, 3.05) is 5.32 Å². The molecule has 1 aliphatic carbocycles. The number of hydrogen-bond donors (Lipinski definition) is 1. The van der Waals surface area contributed by atoms with Crippen molar-refractivity contribution in [1.82, 2.24) is 9.38 Å². The first-order chi connectivity index (χ1) is 14.1. The Morgan fingerprint density at radius 2 is 2.00 bits per heavy atom. The van der Waals surface area contributed by atoms with Crippen LogP contribution in [-0.4, -0.2) is 21.3 Å². The number of aromatic nitrogens is 2. The average molecular weight is 411 g/mol. The van der Waals surface area contributed by atoms with Gasteiger partial charge in [-0.1, -0.05) is 31.4 Å². The third-order valence-corrected chi connectivity index (χ3v) is 5.84. The van der Waals surface area contributed by atoms with Gasteiger partial charge in [0.15, 0.2) is 4.96 Å². The number of ether oxygens (including phenoxy) is 1. The van der Waals surface area contributed by atoms with E-state index in [-0.39, 0.29) is 29.6 Å². The topological polar surface area (TPSA) is 89.8 Å². The lowest BCUT2D eigenvalue weighted by Gasteiger charge is -2.21. The number of nitrogens with one attached hydrogen (secondary N) is 1. The van der Waals surface area contributed by atoms with Crippen molar-refractivity contribution < 1.29 is 14.3 Å². The Morgan fingerprint density at radius 3 is 2.83 bits per heavy atom. The van der Waals surface area contributed by atoms with E-state index in [1.54, 1.807) is 35.8 Å². The molecule has 0 aliphatic heterocycles. The number of amides is 1. The zero-order valence-corrected chi connectivity index (χ0v) is 16.6. The first kappa shape index (κ1) is 19.3. The van der Waals surface area contributed by atoms with Gasteiger partial charge in [0.05, 0.1) is 16.9 Å². The Balaban J connectivity index is 1.45. The summed E-state index contributed by atoms with van der Waals surface area (Å²) in [6.45, 7) is -0.118. The summed E-state index contributed by atoms with van der Waals surface area (Å²) in [6, 6.07) is 8.14. The highest BCUT2D eigenvalue weighted by Crippen LogP contribution is 2.26. The van der Waals surface area contributed by atoms with E-state index in [4.69, 9.17) is 4.74 Å². The molecule has 1 fully saturated rings. The number of esters is 1. The Morgan fingerprint density at radius 1 is 1.21 bits per heavy atom. The molecular formula is C21H21N3O4S. The van der Waals surface area contributed by atoms with Gasteiger partial charge in [0.1, 0.15) is 6.61 Å². The van der Waals surface area contributed by atoms with Crippen molar-refractivity contribution in [3.05, 3.63) is 63.5 Å². The van der Waals surface area contributed by atoms with Crippen LogP contribution in [0.2, 0.25) is 0 Å². The molecule has 1 amide bonds. The number of anilines is 1. The van der Waals surface area contributed by atoms with E-state index in [1.807, 2.05) is 0 Å². The quantitative estimate of drug-likeness (QED) is 0.648. The van der Waals surface area contributed by atoms with Crippen molar-refractivity contribution in [3.8, 4) is 0 Å². The maximum absolute atomic E-state index is 12.6. The predicted molar refractivity (Wildman–Crippen MR) is 110 cm³/mol. The van der Waals surface area contributed by atoms with Gasteiger partial charge in [-0.05, 0) is 25.0 Å². The Kier molecular flexibility index (Phi) is 5.71. The van der Waals surface area contributed by atoms with Crippen LogP contribution in [0.5, 0.6) is 0 Å². The van der Waals surface area contributed by atoms with E-state index >= 15 is 0 Å². The molecular weight excluding hydrogens is 390 g/mol. The van der Waals surface area contributed by atoms with Crippen LogP contribution in [0.15, 0.2) is 46.7 Å². The number of thiazole rings is 1. The highest BCUT2D eigenvalue weighted by Gasteiger charge is 2.23. The minimum Gasteiger partial charge on any atom is -0.456 e. The third kappa shape index (κ3) is 4.37. The van der Waals surface area contributed by atoms with Crippen molar-refractivity contribution >= 4 is 33.9 Å². The molecule has 4 rings (SSSR count). The molecule has 1 aromatic carbocycles. The summed E-state index contributed by atoms with van der Waals surface area (Å²) in [5, 5.41) is 4.65. The van der Waals surface area contributed by atoms with Gasteiger partial charge in [0.25, 0.3) is 5.56 Å². The minimum absolute atomic E-state index is 0.0116. The van der Waals surface area contributed by atoms with Gasteiger partial charge < -0.3 is 10.1 Å². The predicted octanol–water partition coefficient (Wildman–Crippen LogP) is 3.63. The summed E-state index contributed by atoms with van der Waals surface area (Å²) in [4.78, 5) is 42.1. The van der Waals surface area contributed by atoms with E-state index < -0.39 is 5.97 Å². The SMILES string of the molecule is O=C(OCc1cc(=O)n2ccsc2n1)c1ccccc1NC(=O)C1CCCCC1. The van der Waals surface area contributed by atoms with Crippen LogP contribution >= 0.6 is 11.3 Å². The van der Waals surface area contributed by atoms with E-state index in [1.165, 1.54) is 28.2 Å². The minimum atomic E-state index is -0.572. The van der Waals surface area contributed by atoms with Crippen LogP contribution in [-0.2, 0) is 16.1 Å². The van der Waals surface area contributed by atoms with Crippen molar-refractivity contribution in [3.63, 3.8) is 0 Å². The number of nitrogens with zero attached hydrogens (tertiary/aromatic N) is 2. The smallest absolute Gasteiger partial charge is 0.340 e. The molecule has 2 heterocycles. The number of hydrogen-bond acceptors (Lipinski definition) is 6. The number of para-hydroxylation sites is 1. The summed E-state index contributed by atoms with van der Waals surface area (Å²) < 4.78 is 6.80. The number of fused-ring (bicyclic) bond motifs is 1. The number of rotatable bonds is 5. The first-order valence-corrected chi connectivity index (χ1v) is 10.5. The number of carbonyl (C=O) groups is 2. The van der Waals surface area contributed by atoms with E-state index in [9.17, 15) is 14.4 Å². The summed E-state index contributed by atoms with van der Waals surface area (Å²) in [5.74, 6) is -0.636. The van der Waals surface area contributed by atoms with Gasteiger partial charge in [-0.25, -0.2) is 9.78 Å². The van der Waals surface area contributed by atoms with E-state index in [2.05, 4.69) is 10.3 Å². The van der Waals surface area contributed by atoms with Crippen LogP contribution in [0.25, 0.3) is 4.96 Å². The zero-order valence-electron chi connectivity index (χ0n) is 15.8. The molecule has 2 aromatic heterocycles. The second kappa shape index (κ2) is 8.57. The molecule has 0 unspecified atom stereocenters. The molecule has 0 radical (unpaired) electrons. The highest BCUT2D eigenvalue weighted by molar-refractivity contribution is 7.15. The number of carbonyl (C=O) groups excluding carboxylic acids is 2. The van der Waals surface area contributed by atoms with Gasteiger partial charge in [-0.15, -0.1) is 11.3 Å². The van der Waals surface area contributed by atoms with Crippen LogP contribution in [0.1, 0.15) is 48.2 Å². The maximum atomic E-state index is 12.6. The monoisotopic (exact) mass is 411 g/mol. The Bertz CT molecular complexity index is 1100. The van der Waals surface area contributed by atoms with Crippen LogP contribution < -0.4 is 10.9 Å². The van der Waals surface area contributed by atoms with E-state index in [0.717, 1.165) is 25.7 Å². The standard InChI is InChI=1S/C21H21N3O4S/c25-18-12-15(22-21-24(18)10-11-29-21)13-28-20(27)16-8-4-5-9-17(16)23-19(26)14-6-2-1-3-7-14/h4-5,8-12,14H,1-3,6-7,13H2,(H,23,26). The number of benzene rings is 1. The van der Waals surface area contributed by atoms with Gasteiger partial charge >= 0.3 is 5.97 Å². The average Bonchev–Trinajstić information content (AvgIpc) is 3.22. The highest BCUT2D eigenvalue weighted by atomic mass is 32.1. The Labute approximate surface area is 171 Å². The molecule has 3 aromatic rings. The van der Waals surface area contributed by atoms with Gasteiger partial charge in [0, 0.05) is 23.6 Å². The summed E-state index contributed by atoms with van der Waals surface area (Å²) >= 11 is 1.33. The van der Waals surface area contributed by atoms with Gasteiger partial charge in [0.2, 0.25) is 5.91 Å². The fourth-order valence-electron chi connectivity index (χ4n) is 3.55. The molecule has 0 atom stereocenters. The first-order valence-electron chi connectivity index (χ1n) is 9.64. The molecule has 0 saturated heterocycles. The van der Waals surface area contributed by atoms with Crippen LogP contribution in [0.3, 0.4) is 0 Å². The van der Waals surface area contributed by atoms with Crippen molar-refractivity contribution in [2.45, 2.75) is 38.7 Å². The lowest BCUT2D eigenvalue weighted by atomic mass is 9.88. The third-order valence-electron chi connectivity index (χ3n) is 5.09. The largest absolute Gasteiger partial charge is 0.456 e. The molecule has 7 nitrogen and oxygen atoms in total. The Hall–Kier alpha value is -3.00.